The Labute approximate surface area is 135 Å². The van der Waals surface area contributed by atoms with Gasteiger partial charge in [0.2, 0.25) is 0 Å². The van der Waals surface area contributed by atoms with Crippen LogP contribution in [0.25, 0.3) is 0 Å². The van der Waals surface area contributed by atoms with E-state index >= 15 is 0 Å². The monoisotopic (exact) mass is 320 g/mol. The second kappa shape index (κ2) is 6.83. The van der Waals surface area contributed by atoms with Crippen molar-refractivity contribution in [1.82, 2.24) is 14.9 Å². The summed E-state index contributed by atoms with van der Waals surface area (Å²) in [6, 6.07) is 6.78. The van der Waals surface area contributed by atoms with Gasteiger partial charge in [0.1, 0.15) is 0 Å². The summed E-state index contributed by atoms with van der Waals surface area (Å²) in [4.78, 5) is 16.3. The molecule has 1 aromatic carbocycles. The molecular weight excluding hydrogens is 300 g/mol. The first-order valence-electron chi connectivity index (χ1n) is 7.13. The molecule has 0 saturated heterocycles. The molecule has 2 amide bonds. The van der Waals surface area contributed by atoms with E-state index in [1.54, 1.807) is 36.8 Å². The SMILES string of the molecule is CC(C)(C)[C@H](Cn1ccnc1)NC(=O)Nc1cccc(Cl)c1. The van der Waals surface area contributed by atoms with Gasteiger partial charge in [-0.1, -0.05) is 38.4 Å². The zero-order valence-corrected chi connectivity index (χ0v) is 13.8. The Morgan fingerprint density at radius 2 is 2.18 bits per heavy atom. The smallest absolute Gasteiger partial charge is 0.319 e. The number of imidazole rings is 1. The second-order valence-electron chi connectivity index (χ2n) is 6.29. The molecule has 2 N–H and O–H groups in total. The fourth-order valence-electron chi connectivity index (χ4n) is 2.03. The van der Waals surface area contributed by atoms with Crippen LogP contribution in [-0.2, 0) is 6.54 Å². The molecule has 0 saturated carbocycles. The standard InChI is InChI=1S/C16H21ClN4O/c1-16(2,3)14(10-21-8-7-18-11-21)20-15(22)19-13-6-4-5-12(17)9-13/h4-9,11,14H,10H2,1-3H3,(H2,19,20,22)/t14-/m0/s1. The van der Waals surface area contributed by atoms with E-state index in [-0.39, 0.29) is 17.5 Å². The molecule has 22 heavy (non-hydrogen) atoms. The van der Waals surface area contributed by atoms with Crippen LogP contribution in [-0.4, -0.2) is 21.6 Å². The molecule has 6 heteroatoms. The van der Waals surface area contributed by atoms with Gasteiger partial charge in [0.05, 0.1) is 12.4 Å². The lowest BCUT2D eigenvalue weighted by molar-refractivity contribution is 0.219. The van der Waals surface area contributed by atoms with Gasteiger partial charge in [-0.25, -0.2) is 9.78 Å². The predicted molar refractivity (Wildman–Crippen MR) is 89.1 cm³/mol. The van der Waals surface area contributed by atoms with Crippen LogP contribution in [0.3, 0.4) is 0 Å². The molecule has 0 aliphatic rings. The van der Waals surface area contributed by atoms with Crippen molar-refractivity contribution in [2.75, 3.05) is 5.32 Å². The normalized spacial score (nSPS) is 12.7. The minimum atomic E-state index is -0.248. The van der Waals surface area contributed by atoms with Gasteiger partial charge in [-0.05, 0) is 23.6 Å². The second-order valence-corrected chi connectivity index (χ2v) is 6.72. The number of carbonyl (C=O) groups excluding carboxylic acids is 1. The first kappa shape index (κ1) is 16.4. The van der Waals surface area contributed by atoms with Crippen molar-refractivity contribution in [3.63, 3.8) is 0 Å². The highest BCUT2D eigenvalue weighted by molar-refractivity contribution is 6.30. The van der Waals surface area contributed by atoms with Gasteiger partial charge in [0, 0.05) is 29.6 Å². The largest absolute Gasteiger partial charge is 0.335 e. The molecule has 0 spiro atoms. The molecule has 2 rings (SSSR count). The third kappa shape index (κ3) is 4.77. The summed E-state index contributed by atoms with van der Waals surface area (Å²) < 4.78 is 1.95. The van der Waals surface area contributed by atoms with Crippen LogP contribution in [0.2, 0.25) is 5.02 Å². The fraction of sp³-hybridized carbons (Fsp3) is 0.375. The van der Waals surface area contributed by atoms with Crippen LogP contribution < -0.4 is 10.6 Å². The van der Waals surface area contributed by atoms with Crippen molar-refractivity contribution in [3.05, 3.63) is 48.0 Å². The summed E-state index contributed by atoms with van der Waals surface area (Å²) in [5.74, 6) is 0. The maximum Gasteiger partial charge on any atom is 0.319 e. The molecule has 5 nitrogen and oxygen atoms in total. The van der Waals surface area contributed by atoms with Crippen molar-refractivity contribution in [2.24, 2.45) is 5.41 Å². The van der Waals surface area contributed by atoms with E-state index < -0.39 is 0 Å². The Morgan fingerprint density at radius 1 is 1.41 bits per heavy atom. The molecule has 0 bridgehead atoms. The van der Waals surface area contributed by atoms with Crippen molar-refractivity contribution in [3.8, 4) is 0 Å². The summed E-state index contributed by atoms with van der Waals surface area (Å²) in [7, 11) is 0. The number of nitrogens with one attached hydrogen (secondary N) is 2. The first-order valence-corrected chi connectivity index (χ1v) is 7.51. The van der Waals surface area contributed by atoms with Crippen LogP contribution in [0.1, 0.15) is 20.8 Å². The number of aromatic nitrogens is 2. The van der Waals surface area contributed by atoms with E-state index in [9.17, 15) is 4.79 Å². The molecule has 0 radical (unpaired) electrons. The average molecular weight is 321 g/mol. The summed E-state index contributed by atoms with van der Waals surface area (Å²) in [6.07, 6.45) is 5.36. The fourth-order valence-corrected chi connectivity index (χ4v) is 2.22. The quantitative estimate of drug-likeness (QED) is 0.900. The minimum Gasteiger partial charge on any atom is -0.335 e. The third-order valence-corrected chi connectivity index (χ3v) is 3.62. The van der Waals surface area contributed by atoms with Crippen molar-refractivity contribution >= 4 is 23.3 Å². The summed E-state index contributed by atoms with van der Waals surface area (Å²) in [5.41, 5.74) is 0.580. The Balaban J connectivity index is 2.02. The average Bonchev–Trinajstić information content (AvgIpc) is 2.89. The Hall–Kier alpha value is -2.01. The van der Waals surface area contributed by atoms with E-state index in [0.717, 1.165) is 0 Å². The molecule has 0 aliphatic carbocycles. The number of hydrogen-bond donors (Lipinski definition) is 2. The van der Waals surface area contributed by atoms with E-state index in [4.69, 9.17) is 11.6 Å². The number of amides is 2. The molecular formula is C16H21ClN4O. The summed E-state index contributed by atoms with van der Waals surface area (Å²) in [5, 5.41) is 6.41. The van der Waals surface area contributed by atoms with Crippen LogP contribution in [0, 0.1) is 5.41 Å². The number of anilines is 1. The predicted octanol–water partition coefficient (Wildman–Crippen LogP) is 3.77. The lowest BCUT2D eigenvalue weighted by Gasteiger charge is -2.31. The highest BCUT2D eigenvalue weighted by Gasteiger charge is 2.26. The minimum absolute atomic E-state index is 0.0408. The Kier molecular flexibility index (Phi) is 5.08. The zero-order valence-electron chi connectivity index (χ0n) is 13.0. The molecule has 1 aromatic heterocycles. The van der Waals surface area contributed by atoms with E-state index in [1.165, 1.54) is 0 Å². The molecule has 118 valence electrons. The lowest BCUT2D eigenvalue weighted by atomic mass is 9.86. The highest BCUT2D eigenvalue weighted by Crippen LogP contribution is 2.21. The molecule has 0 fully saturated rings. The van der Waals surface area contributed by atoms with Gasteiger partial charge in [0.15, 0.2) is 0 Å². The number of halogens is 1. The number of carbonyl (C=O) groups is 1. The van der Waals surface area contributed by atoms with E-state index in [0.29, 0.717) is 17.3 Å². The summed E-state index contributed by atoms with van der Waals surface area (Å²) in [6.45, 7) is 6.93. The van der Waals surface area contributed by atoms with Gasteiger partial charge in [-0.15, -0.1) is 0 Å². The number of benzene rings is 1. The molecule has 0 aliphatic heterocycles. The Morgan fingerprint density at radius 3 is 2.77 bits per heavy atom. The lowest BCUT2D eigenvalue weighted by Crippen LogP contribution is -2.47. The van der Waals surface area contributed by atoms with Crippen LogP contribution >= 0.6 is 11.6 Å². The first-order chi connectivity index (χ1) is 10.3. The van der Waals surface area contributed by atoms with Crippen molar-refractivity contribution in [1.29, 1.82) is 0 Å². The Bertz CT molecular complexity index is 619. The van der Waals surface area contributed by atoms with Gasteiger partial charge in [-0.3, -0.25) is 0 Å². The third-order valence-electron chi connectivity index (χ3n) is 3.39. The van der Waals surface area contributed by atoms with Crippen LogP contribution in [0.4, 0.5) is 10.5 Å². The molecule has 2 aromatic rings. The maximum atomic E-state index is 12.2. The van der Waals surface area contributed by atoms with Crippen LogP contribution in [0.5, 0.6) is 0 Å². The van der Waals surface area contributed by atoms with Crippen molar-refractivity contribution < 1.29 is 4.79 Å². The van der Waals surface area contributed by atoms with Gasteiger partial charge < -0.3 is 15.2 Å². The van der Waals surface area contributed by atoms with E-state index in [2.05, 4.69) is 36.4 Å². The van der Waals surface area contributed by atoms with Gasteiger partial charge >= 0.3 is 6.03 Å². The number of hydrogen-bond acceptors (Lipinski definition) is 2. The van der Waals surface area contributed by atoms with E-state index in [1.807, 2.05) is 10.8 Å². The van der Waals surface area contributed by atoms with Gasteiger partial charge in [0.25, 0.3) is 0 Å². The zero-order chi connectivity index (χ0) is 16.2. The molecule has 0 unspecified atom stereocenters. The number of urea groups is 1. The van der Waals surface area contributed by atoms with Crippen molar-refractivity contribution in [2.45, 2.75) is 33.4 Å². The highest BCUT2D eigenvalue weighted by atomic mass is 35.5. The summed E-state index contributed by atoms with van der Waals surface area (Å²) >= 11 is 5.92. The topological polar surface area (TPSA) is 59.0 Å². The molecule has 1 atom stereocenters. The maximum absolute atomic E-state index is 12.2. The number of rotatable bonds is 4. The molecule has 1 heterocycles. The van der Waals surface area contributed by atoms with Gasteiger partial charge in [-0.2, -0.15) is 0 Å². The van der Waals surface area contributed by atoms with Crippen LogP contribution in [0.15, 0.2) is 43.0 Å². The number of nitrogens with zero attached hydrogens (tertiary/aromatic N) is 2.